The van der Waals surface area contributed by atoms with E-state index in [0.717, 1.165) is 18.2 Å². The van der Waals surface area contributed by atoms with E-state index in [9.17, 15) is 0 Å². The molecule has 1 aromatic carbocycles. The largest absolute Gasteiger partial charge is 0.377 e. The molecule has 0 bridgehead atoms. The van der Waals surface area contributed by atoms with E-state index in [2.05, 4.69) is 11.8 Å². The minimum atomic E-state index is 0.255. The van der Waals surface area contributed by atoms with Crippen LogP contribution in [0.3, 0.4) is 0 Å². The van der Waals surface area contributed by atoms with E-state index in [1.807, 2.05) is 18.2 Å². The zero-order valence-corrected chi connectivity index (χ0v) is 10.2. The van der Waals surface area contributed by atoms with Crippen LogP contribution in [0.1, 0.15) is 5.56 Å². The second kappa shape index (κ2) is 5.04. The molecule has 1 aliphatic heterocycles. The third kappa shape index (κ3) is 2.32. The van der Waals surface area contributed by atoms with Crippen LogP contribution >= 0.6 is 11.6 Å². The molecule has 0 saturated carbocycles. The Morgan fingerprint density at radius 2 is 2.38 bits per heavy atom. The van der Waals surface area contributed by atoms with Crippen LogP contribution in [0.2, 0.25) is 5.02 Å². The molecule has 1 fully saturated rings. The van der Waals surface area contributed by atoms with Gasteiger partial charge in [-0.05, 0) is 24.6 Å². The first-order chi connectivity index (χ1) is 7.72. The molecule has 0 spiro atoms. The first-order valence-corrected chi connectivity index (χ1v) is 5.91. The molecule has 1 heterocycles. The average molecular weight is 241 g/mol. The highest BCUT2D eigenvalue weighted by Gasteiger charge is 2.23. The monoisotopic (exact) mass is 240 g/mol. The maximum absolute atomic E-state index is 6.04. The smallest absolute Gasteiger partial charge is 0.0683 e. The van der Waals surface area contributed by atoms with Gasteiger partial charge in [-0.25, -0.2) is 0 Å². The van der Waals surface area contributed by atoms with E-state index in [0.29, 0.717) is 13.2 Å². The average Bonchev–Trinajstić information content (AvgIpc) is 2.32. The molecule has 0 aromatic heterocycles. The van der Waals surface area contributed by atoms with E-state index in [-0.39, 0.29) is 6.04 Å². The van der Waals surface area contributed by atoms with Crippen LogP contribution in [0, 0.1) is 6.92 Å². The van der Waals surface area contributed by atoms with Crippen molar-refractivity contribution < 1.29 is 4.74 Å². The highest BCUT2D eigenvalue weighted by atomic mass is 35.5. The van der Waals surface area contributed by atoms with Crippen molar-refractivity contribution in [3.05, 3.63) is 28.8 Å². The Morgan fingerprint density at radius 3 is 3.12 bits per heavy atom. The van der Waals surface area contributed by atoms with Crippen LogP contribution in [0.25, 0.3) is 0 Å². The molecule has 1 aromatic rings. The van der Waals surface area contributed by atoms with Crippen molar-refractivity contribution in [1.82, 2.24) is 0 Å². The van der Waals surface area contributed by atoms with Gasteiger partial charge in [-0.1, -0.05) is 17.7 Å². The zero-order chi connectivity index (χ0) is 11.5. The third-order valence-electron chi connectivity index (χ3n) is 2.98. The lowest BCUT2D eigenvalue weighted by Crippen LogP contribution is -2.49. The summed E-state index contributed by atoms with van der Waals surface area (Å²) in [5.74, 6) is 0. The molecular formula is C12H17ClN2O. The molecule has 1 atom stereocenters. The number of anilines is 1. The minimum Gasteiger partial charge on any atom is -0.377 e. The van der Waals surface area contributed by atoms with Crippen molar-refractivity contribution in [3.8, 4) is 0 Å². The second-order valence-electron chi connectivity index (χ2n) is 4.09. The summed E-state index contributed by atoms with van der Waals surface area (Å²) in [6, 6.07) is 6.22. The quantitative estimate of drug-likeness (QED) is 0.857. The summed E-state index contributed by atoms with van der Waals surface area (Å²) >= 11 is 6.04. The number of benzene rings is 1. The summed E-state index contributed by atoms with van der Waals surface area (Å²) in [6.45, 7) is 5.02. The summed E-state index contributed by atoms with van der Waals surface area (Å²) in [4.78, 5) is 2.30. The Balaban J connectivity index is 2.30. The molecular weight excluding hydrogens is 224 g/mol. The molecule has 88 valence electrons. The Hall–Kier alpha value is -0.770. The molecule has 1 aliphatic rings. The topological polar surface area (TPSA) is 38.5 Å². The van der Waals surface area contributed by atoms with Gasteiger partial charge in [-0.15, -0.1) is 0 Å². The van der Waals surface area contributed by atoms with Gasteiger partial charge in [0.2, 0.25) is 0 Å². The molecule has 2 rings (SSSR count). The van der Waals surface area contributed by atoms with Crippen molar-refractivity contribution in [1.29, 1.82) is 0 Å². The highest BCUT2D eigenvalue weighted by molar-refractivity contribution is 6.30. The van der Waals surface area contributed by atoms with Crippen LogP contribution in [0.4, 0.5) is 5.69 Å². The summed E-state index contributed by atoms with van der Waals surface area (Å²) in [7, 11) is 0. The van der Waals surface area contributed by atoms with Gasteiger partial charge < -0.3 is 15.4 Å². The predicted octanol–water partition coefficient (Wildman–Crippen LogP) is 1.81. The van der Waals surface area contributed by atoms with Crippen LogP contribution in [0.5, 0.6) is 0 Å². The van der Waals surface area contributed by atoms with E-state index in [1.54, 1.807) is 0 Å². The lowest BCUT2D eigenvalue weighted by atomic mass is 10.1. The fraction of sp³-hybridized carbons (Fsp3) is 0.500. The van der Waals surface area contributed by atoms with Crippen LogP contribution < -0.4 is 10.6 Å². The number of halogens is 1. The molecule has 16 heavy (non-hydrogen) atoms. The Morgan fingerprint density at radius 1 is 1.56 bits per heavy atom. The Kier molecular flexibility index (Phi) is 3.69. The molecule has 0 radical (unpaired) electrons. The molecule has 3 nitrogen and oxygen atoms in total. The van der Waals surface area contributed by atoms with Crippen LogP contribution in [-0.2, 0) is 4.74 Å². The molecule has 4 heteroatoms. The maximum Gasteiger partial charge on any atom is 0.0683 e. The van der Waals surface area contributed by atoms with Crippen molar-refractivity contribution in [2.45, 2.75) is 13.0 Å². The molecule has 0 amide bonds. The zero-order valence-electron chi connectivity index (χ0n) is 9.45. The maximum atomic E-state index is 6.04. The standard InChI is InChI=1S/C12H17ClN2O/c1-9-2-3-10(13)6-12(9)15-4-5-16-8-11(15)7-14/h2-3,6,11H,4-5,7-8,14H2,1H3. The normalized spacial score (nSPS) is 21.2. The number of hydrogen-bond acceptors (Lipinski definition) is 3. The molecule has 1 saturated heterocycles. The molecule has 1 unspecified atom stereocenters. The van der Waals surface area contributed by atoms with Crippen molar-refractivity contribution in [3.63, 3.8) is 0 Å². The number of hydrogen-bond donors (Lipinski definition) is 1. The fourth-order valence-corrected chi connectivity index (χ4v) is 2.23. The number of morpholine rings is 1. The van der Waals surface area contributed by atoms with E-state index in [4.69, 9.17) is 22.1 Å². The number of ether oxygens (including phenoxy) is 1. The molecule has 2 N–H and O–H groups in total. The molecule has 0 aliphatic carbocycles. The van der Waals surface area contributed by atoms with Crippen molar-refractivity contribution >= 4 is 17.3 Å². The summed E-state index contributed by atoms with van der Waals surface area (Å²) < 4.78 is 5.44. The van der Waals surface area contributed by atoms with Gasteiger partial charge in [0, 0.05) is 23.8 Å². The Bertz CT molecular complexity index is 370. The van der Waals surface area contributed by atoms with Gasteiger partial charge in [0.25, 0.3) is 0 Å². The van der Waals surface area contributed by atoms with E-state index < -0.39 is 0 Å². The van der Waals surface area contributed by atoms with Gasteiger partial charge >= 0.3 is 0 Å². The number of nitrogens with zero attached hydrogens (tertiary/aromatic N) is 1. The van der Waals surface area contributed by atoms with Crippen LogP contribution in [-0.4, -0.2) is 32.3 Å². The lowest BCUT2D eigenvalue weighted by molar-refractivity contribution is 0.0962. The van der Waals surface area contributed by atoms with Gasteiger partial charge in [0.1, 0.15) is 0 Å². The van der Waals surface area contributed by atoms with Crippen LogP contribution in [0.15, 0.2) is 18.2 Å². The Labute approximate surface area is 101 Å². The summed E-state index contributed by atoms with van der Waals surface area (Å²) in [5.41, 5.74) is 8.16. The number of nitrogens with two attached hydrogens (primary N) is 1. The highest BCUT2D eigenvalue weighted by Crippen LogP contribution is 2.26. The van der Waals surface area contributed by atoms with Gasteiger partial charge in [0.15, 0.2) is 0 Å². The minimum absolute atomic E-state index is 0.255. The van der Waals surface area contributed by atoms with E-state index >= 15 is 0 Å². The van der Waals surface area contributed by atoms with Gasteiger partial charge in [0.05, 0.1) is 19.3 Å². The number of aryl methyl sites for hydroxylation is 1. The second-order valence-corrected chi connectivity index (χ2v) is 4.53. The fourth-order valence-electron chi connectivity index (χ4n) is 2.06. The third-order valence-corrected chi connectivity index (χ3v) is 3.22. The van der Waals surface area contributed by atoms with Crippen molar-refractivity contribution in [2.24, 2.45) is 5.73 Å². The first-order valence-electron chi connectivity index (χ1n) is 5.53. The first kappa shape index (κ1) is 11.7. The van der Waals surface area contributed by atoms with Crippen molar-refractivity contribution in [2.75, 3.05) is 31.2 Å². The predicted molar refractivity (Wildman–Crippen MR) is 67.2 cm³/mol. The SMILES string of the molecule is Cc1ccc(Cl)cc1N1CCOCC1CN. The van der Waals surface area contributed by atoms with Gasteiger partial charge in [-0.3, -0.25) is 0 Å². The van der Waals surface area contributed by atoms with Gasteiger partial charge in [-0.2, -0.15) is 0 Å². The summed E-state index contributed by atoms with van der Waals surface area (Å²) in [6.07, 6.45) is 0. The van der Waals surface area contributed by atoms with E-state index in [1.165, 1.54) is 11.3 Å². The lowest BCUT2D eigenvalue weighted by Gasteiger charge is -2.37. The summed E-state index contributed by atoms with van der Waals surface area (Å²) in [5, 5.41) is 0.767. The number of rotatable bonds is 2.